The van der Waals surface area contributed by atoms with Gasteiger partial charge in [-0.25, -0.2) is 4.79 Å². The summed E-state index contributed by atoms with van der Waals surface area (Å²) in [7, 11) is 1.22. The molecular weight excluding hydrogens is 441 g/mol. The summed E-state index contributed by atoms with van der Waals surface area (Å²) in [4.78, 5) is 35.3. The van der Waals surface area contributed by atoms with Crippen LogP contribution in [0.2, 0.25) is 0 Å². The third-order valence-corrected chi connectivity index (χ3v) is 4.94. The van der Waals surface area contributed by atoms with E-state index in [1.807, 2.05) is 0 Å². The van der Waals surface area contributed by atoms with Crippen LogP contribution in [-0.4, -0.2) is 95.0 Å². The van der Waals surface area contributed by atoms with Gasteiger partial charge >= 0.3 is 5.97 Å². The van der Waals surface area contributed by atoms with Crippen molar-refractivity contribution in [3.63, 3.8) is 0 Å². The van der Waals surface area contributed by atoms with E-state index in [9.17, 15) is 39.9 Å². The largest absolute Gasteiger partial charge is 0.479 e. The zero-order valence-corrected chi connectivity index (χ0v) is 18.4. The first-order chi connectivity index (χ1) is 15.4. The Hall–Kier alpha value is -2.71. The molecule has 1 aromatic rings. The molecule has 33 heavy (non-hydrogen) atoms. The van der Waals surface area contributed by atoms with Crippen molar-refractivity contribution in [3.8, 4) is 5.75 Å². The minimum Gasteiger partial charge on any atom is -0.479 e. The smallest absolute Gasteiger partial charge is 0.335 e. The first-order valence-corrected chi connectivity index (χ1v) is 10.1. The van der Waals surface area contributed by atoms with Crippen LogP contribution in [0.1, 0.15) is 29.8 Å². The van der Waals surface area contributed by atoms with Crippen LogP contribution >= 0.6 is 0 Å². The van der Waals surface area contributed by atoms with E-state index in [4.69, 9.17) is 14.2 Å². The van der Waals surface area contributed by atoms with E-state index < -0.39 is 53.9 Å². The molecule has 0 spiro atoms. The summed E-state index contributed by atoms with van der Waals surface area (Å²) in [6.07, 6.45) is -9.19. The van der Waals surface area contributed by atoms with Gasteiger partial charge in [-0.2, -0.15) is 0 Å². The van der Waals surface area contributed by atoms with Crippen LogP contribution in [0.5, 0.6) is 5.75 Å². The molecule has 0 bridgehead atoms. The number of hydrogen-bond acceptors (Lipinski definition) is 10. The fourth-order valence-electron chi connectivity index (χ4n) is 2.88. The number of carbonyl (C=O) groups is 3. The van der Waals surface area contributed by atoms with E-state index >= 15 is 0 Å². The number of carbonyl (C=O) groups excluding carboxylic acids is 2. The molecule has 182 valence electrons. The molecule has 13 heteroatoms. The highest BCUT2D eigenvalue weighted by atomic mass is 16.7. The highest BCUT2D eigenvalue weighted by Crippen LogP contribution is 2.28. The Bertz CT molecular complexity index is 878. The Morgan fingerprint density at radius 1 is 1.15 bits per heavy atom. The van der Waals surface area contributed by atoms with Gasteiger partial charge in [0.05, 0.1) is 5.56 Å². The molecular formula is C20H28BNO11. The van der Waals surface area contributed by atoms with E-state index in [1.54, 1.807) is 13.8 Å². The molecule has 1 aromatic carbocycles. The van der Waals surface area contributed by atoms with Gasteiger partial charge in [0.25, 0.3) is 5.91 Å². The van der Waals surface area contributed by atoms with Crippen molar-refractivity contribution < 1.29 is 54.1 Å². The van der Waals surface area contributed by atoms with Crippen LogP contribution in [0, 0.1) is 5.41 Å². The monoisotopic (exact) mass is 469 g/mol. The summed E-state index contributed by atoms with van der Waals surface area (Å²) in [5.74, 6) is -2.87. The Morgan fingerprint density at radius 2 is 1.82 bits per heavy atom. The van der Waals surface area contributed by atoms with Gasteiger partial charge in [0, 0.05) is 18.6 Å². The van der Waals surface area contributed by atoms with Gasteiger partial charge in [-0.15, -0.1) is 0 Å². The number of nitrogens with one attached hydrogen (secondary N) is 1. The first kappa shape index (κ1) is 26.5. The fourth-order valence-corrected chi connectivity index (χ4v) is 2.88. The van der Waals surface area contributed by atoms with E-state index in [2.05, 4.69) is 5.32 Å². The number of ether oxygens (including phenoxy) is 3. The quantitative estimate of drug-likeness (QED) is 0.219. The molecule has 0 aromatic heterocycles. The third kappa shape index (κ3) is 6.89. The van der Waals surface area contributed by atoms with Crippen LogP contribution in [0.3, 0.4) is 0 Å². The molecule has 1 saturated heterocycles. The van der Waals surface area contributed by atoms with E-state index in [1.165, 1.54) is 26.0 Å². The molecule has 1 aliphatic rings. The second-order valence-electron chi connectivity index (χ2n) is 8.47. The molecule has 0 radical (unpaired) electrons. The van der Waals surface area contributed by atoms with Crippen molar-refractivity contribution >= 4 is 25.6 Å². The average molecular weight is 469 g/mol. The Labute approximate surface area is 190 Å². The van der Waals surface area contributed by atoms with Crippen LogP contribution in [-0.2, 0) is 20.9 Å². The van der Waals surface area contributed by atoms with E-state index in [-0.39, 0.29) is 31.1 Å². The van der Waals surface area contributed by atoms with Crippen molar-refractivity contribution in [2.45, 2.75) is 51.2 Å². The molecule has 12 nitrogen and oxygen atoms in total. The van der Waals surface area contributed by atoms with Crippen LogP contribution < -0.4 is 10.1 Å². The van der Waals surface area contributed by atoms with Crippen molar-refractivity contribution in [2.24, 2.45) is 5.41 Å². The molecule has 1 fully saturated rings. The van der Waals surface area contributed by atoms with Gasteiger partial charge in [-0.3, -0.25) is 9.59 Å². The summed E-state index contributed by atoms with van der Waals surface area (Å²) in [5.41, 5.74) is -0.242. The van der Waals surface area contributed by atoms with Crippen LogP contribution in [0.15, 0.2) is 18.2 Å². The lowest BCUT2D eigenvalue weighted by molar-refractivity contribution is -0.271. The summed E-state index contributed by atoms with van der Waals surface area (Å²) < 4.78 is 15.6. The molecule has 5 atom stereocenters. The number of benzene rings is 1. The summed E-state index contributed by atoms with van der Waals surface area (Å²) in [6, 6.07) is 4.17. The molecule has 2 rings (SSSR count). The normalized spacial score (nSPS) is 25.2. The second-order valence-corrected chi connectivity index (χ2v) is 8.47. The topological polar surface area (TPSA) is 192 Å². The Balaban J connectivity index is 2.32. The summed E-state index contributed by atoms with van der Waals surface area (Å²) in [5, 5.41) is 51.2. The number of amides is 1. The number of aliphatic carboxylic acids is 1. The predicted molar refractivity (Wildman–Crippen MR) is 113 cm³/mol. The standard InChI is InChI=1S/C20H28BNO11/c1-20(2,8-23)7-22-16(27)10-5-9(6-31-19(21)30)3-4-11(10)32-18-14(26)12(24)13(25)15(33-18)17(28)29/h3-5,12-15,18,23-26H,6-8,21H2,1-2H3,(H,22,27)(H,28,29)/t12-,13-,14+,15-,18+/m0/s1. The summed E-state index contributed by atoms with van der Waals surface area (Å²) in [6.45, 7) is 3.23. The lowest BCUT2D eigenvalue weighted by atomic mass is 9.95. The SMILES string of the molecule is BC(=O)OCc1ccc(O[C@@H]2O[C@H](C(=O)O)[C@@H](O)[C@H](O)[C@H]2O)c(C(=O)NCC(C)(C)CO)c1. The van der Waals surface area contributed by atoms with Gasteiger partial charge < -0.3 is 45.1 Å². The zero-order chi connectivity index (χ0) is 24.9. The van der Waals surface area contributed by atoms with Crippen LogP contribution in [0.4, 0.5) is 4.79 Å². The molecule has 0 unspecified atom stereocenters. The van der Waals surface area contributed by atoms with Gasteiger partial charge in [-0.1, -0.05) is 19.9 Å². The molecule has 0 aliphatic carbocycles. The minimum absolute atomic E-state index is 0.0586. The number of rotatable bonds is 9. The molecule has 1 heterocycles. The molecule has 1 amide bonds. The number of aliphatic hydroxyl groups excluding tert-OH is 4. The lowest BCUT2D eigenvalue weighted by Gasteiger charge is -2.38. The second kappa shape index (κ2) is 10.9. The van der Waals surface area contributed by atoms with E-state index in [0.29, 0.717) is 5.56 Å². The minimum atomic E-state index is -1.90. The van der Waals surface area contributed by atoms with Crippen molar-refractivity contribution in [3.05, 3.63) is 29.3 Å². The molecule has 1 aliphatic heterocycles. The van der Waals surface area contributed by atoms with Gasteiger partial charge in [0.15, 0.2) is 6.10 Å². The maximum absolute atomic E-state index is 12.9. The zero-order valence-electron chi connectivity index (χ0n) is 18.4. The maximum atomic E-state index is 12.9. The Kier molecular flexibility index (Phi) is 8.80. The third-order valence-electron chi connectivity index (χ3n) is 4.94. The molecule has 0 saturated carbocycles. The van der Waals surface area contributed by atoms with Crippen LogP contribution in [0.25, 0.3) is 0 Å². The highest BCUT2D eigenvalue weighted by Gasteiger charge is 2.48. The fraction of sp³-hybridized carbons (Fsp3) is 0.550. The predicted octanol–water partition coefficient (Wildman–Crippen LogP) is -2.02. The first-order valence-electron chi connectivity index (χ1n) is 10.1. The van der Waals surface area contributed by atoms with Gasteiger partial charge in [-0.05, 0) is 17.7 Å². The van der Waals surface area contributed by atoms with Crippen molar-refractivity contribution in [1.82, 2.24) is 5.32 Å². The summed E-state index contributed by atoms with van der Waals surface area (Å²) >= 11 is 0. The number of hydrogen-bond donors (Lipinski definition) is 6. The highest BCUT2D eigenvalue weighted by molar-refractivity contribution is 6.55. The van der Waals surface area contributed by atoms with Crippen molar-refractivity contribution in [1.29, 1.82) is 0 Å². The maximum Gasteiger partial charge on any atom is 0.335 e. The van der Waals surface area contributed by atoms with E-state index in [0.717, 1.165) is 0 Å². The lowest BCUT2D eigenvalue weighted by Crippen LogP contribution is -2.61. The van der Waals surface area contributed by atoms with Gasteiger partial charge in [0.2, 0.25) is 20.0 Å². The molecule has 6 N–H and O–H groups in total. The number of carboxylic acids is 1. The van der Waals surface area contributed by atoms with Crippen molar-refractivity contribution in [2.75, 3.05) is 13.2 Å². The average Bonchev–Trinajstić information content (AvgIpc) is 2.76. The van der Waals surface area contributed by atoms with Gasteiger partial charge in [0.1, 0.15) is 30.7 Å². The number of aliphatic hydroxyl groups is 4. The Morgan fingerprint density at radius 3 is 2.39 bits per heavy atom. The number of carboxylic acid groups (broad SMARTS) is 1.